The standard InChI is InChI=1S/C46H53FN10O4/c1-54-39-27-34(16-17-36(39)44(53-54)37-18-19-40(58)51-45(37)61)56-23-21-55(22-24-56)33-14-8-29(9-15-33)25-41(59)49-31-10-12-32(13-11-31)50-46-48-28-38(47)43(52-46)30-5-4-6-35(26-30)57-20-3-2-7-42(57)60/h2-7,16-17,20,26-29,31-33,37H,8-15,18-19,21-25H2,1H3,(H,49,59)(H,48,50,52)(H,51,58,61). The number of fused-ring (bicyclic) bond motifs is 1. The predicted octanol–water partition coefficient (Wildman–Crippen LogP) is 5.45. The van der Waals surface area contributed by atoms with Crippen LogP contribution in [0.2, 0.25) is 0 Å². The van der Waals surface area contributed by atoms with E-state index in [0.29, 0.717) is 48.4 Å². The monoisotopic (exact) mass is 828 g/mol. The Morgan fingerprint density at radius 2 is 1.64 bits per heavy atom. The molecule has 15 heteroatoms. The summed E-state index contributed by atoms with van der Waals surface area (Å²) >= 11 is 0. The van der Waals surface area contributed by atoms with Crippen molar-refractivity contribution in [3.63, 3.8) is 0 Å². The quantitative estimate of drug-likeness (QED) is 0.155. The van der Waals surface area contributed by atoms with Crippen molar-refractivity contribution in [3.05, 3.63) is 94.9 Å². The molecule has 0 bridgehead atoms. The molecule has 2 saturated carbocycles. The van der Waals surface area contributed by atoms with Crippen LogP contribution in [0, 0.1) is 11.7 Å². The summed E-state index contributed by atoms with van der Waals surface area (Å²) in [4.78, 5) is 63.6. The first-order chi connectivity index (χ1) is 29.6. The zero-order valence-electron chi connectivity index (χ0n) is 34.6. The highest BCUT2D eigenvalue weighted by Crippen LogP contribution is 2.34. The molecule has 2 aliphatic heterocycles. The van der Waals surface area contributed by atoms with Crippen molar-refractivity contribution in [2.75, 3.05) is 36.4 Å². The fourth-order valence-corrected chi connectivity index (χ4v) is 9.94. The molecule has 9 rings (SSSR count). The molecule has 61 heavy (non-hydrogen) atoms. The van der Waals surface area contributed by atoms with E-state index in [4.69, 9.17) is 5.10 Å². The minimum atomic E-state index is -0.538. The third-order valence-corrected chi connectivity index (χ3v) is 13.3. The summed E-state index contributed by atoms with van der Waals surface area (Å²) in [6, 6.07) is 19.2. The molecule has 2 aliphatic carbocycles. The van der Waals surface area contributed by atoms with Crippen molar-refractivity contribution in [1.82, 2.24) is 39.8 Å². The molecule has 14 nitrogen and oxygen atoms in total. The van der Waals surface area contributed by atoms with Gasteiger partial charge in [-0.2, -0.15) is 5.10 Å². The van der Waals surface area contributed by atoms with Crippen LogP contribution in [0.4, 0.5) is 16.0 Å². The number of carbonyl (C=O) groups excluding carboxylic acids is 3. The van der Waals surface area contributed by atoms with Gasteiger partial charge in [-0.15, -0.1) is 0 Å². The number of amides is 3. The van der Waals surface area contributed by atoms with E-state index in [0.717, 1.165) is 99.8 Å². The number of nitrogens with one attached hydrogen (secondary N) is 3. The molecule has 1 atom stereocenters. The normalized spacial score (nSPS) is 23.8. The van der Waals surface area contributed by atoms with Crippen LogP contribution >= 0.6 is 0 Å². The molecule has 318 valence electrons. The van der Waals surface area contributed by atoms with Gasteiger partial charge >= 0.3 is 0 Å². The number of anilines is 2. The Kier molecular flexibility index (Phi) is 11.6. The lowest BCUT2D eigenvalue weighted by Gasteiger charge is -2.42. The van der Waals surface area contributed by atoms with Crippen molar-refractivity contribution in [3.8, 4) is 16.9 Å². The van der Waals surface area contributed by atoms with Crippen molar-refractivity contribution >= 4 is 40.3 Å². The zero-order valence-corrected chi connectivity index (χ0v) is 34.6. The highest BCUT2D eigenvalue weighted by atomic mass is 19.1. The van der Waals surface area contributed by atoms with E-state index < -0.39 is 11.7 Å². The average molecular weight is 829 g/mol. The van der Waals surface area contributed by atoms with Crippen LogP contribution in [0.15, 0.2) is 77.9 Å². The molecule has 0 radical (unpaired) electrons. The number of hydrogen-bond donors (Lipinski definition) is 3. The number of aromatic nitrogens is 5. The number of hydrogen-bond acceptors (Lipinski definition) is 10. The van der Waals surface area contributed by atoms with E-state index in [2.05, 4.69) is 53.9 Å². The lowest BCUT2D eigenvalue weighted by atomic mass is 9.83. The van der Waals surface area contributed by atoms with E-state index >= 15 is 0 Å². The van der Waals surface area contributed by atoms with Crippen LogP contribution in [0.5, 0.6) is 0 Å². The molecular formula is C46H53FN10O4. The number of piperazine rings is 1. The van der Waals surface area contributed by atoms with E-state index in [1.807, 2.05) is 11.7 Å². The summed E-state index contributed by atoms with van der Waals surface area (Å²) < 4.78 is 18.3. The van der Waals surface area contributed by atoms with Gasteiger partial charge in [0.1, 0.15) is 5.69 Å². The number of nitrogens with zero attached hydrogens (tertiary/aromatic N) is 7. The van der Waals surface area contributed by atoms with E-state index in [1.165, 1.54) is 16.8 Å². The third kappa shape index (κ3) is 8.93. The molecule has 4 fully saturated rings. The Morgan fingerprint density at radius 1 is 0.852 bits per heavy atom. The molecule has 3 amide bonds. The summed E-state index contributed by atoms with van der Waals surface area (Å²) in [5.41, 5.74) is 4.05. The number of benzene rings is 2. The minimum absolute atomic E-state index is 0.114. The zero-order chi connectivity index (χ0) is 42.0. The predicted molar refractivity (Wildman–Crippen MR) is 231 cm³/mol. The maximum atomic E-state index is 15.0. The highest BCUT2D eigenvalue weighted by molar-refractivity contribution is 6.02. The number of rotatable bonds is 10. The Morgan fingerprint density at radius 3 is 2.41 bits per heavy atom. The number of imide groups is 1. The van der Waals surface area contributed by atoms with Gasteiger partial charge in [-0.1, -0.05) is 18.2 Å². The van der Waals surface area contributed by atoms with E-state index in [1.54, 1.807) is 42.6 Å². The molecule has 2 saturated heterocycles. The summed E-state index contributed by atoms with van der Waals surface area (Å²) in [6.45, 7) is 3.88. The first kappa shape index (κ1) is 40.4. The Balaban J connectivity index is 0.702. The second-order valence-corrected chi connectivity index (χ2v) is 17.2. The van der Waals surface area contributed by atoms with Crippen molar-refractivity contribution in [2.45, 2.75) is 94.7 Å². The van der Waals surface area contributed by atoms with Gasteiger partial charge < -0.3 is 15.5 Å². The summed E-state index contributed by atoms with van der Waals surface area (Å²) in [5, 5.41) is 14.8. The van der Waals surface area contributed by atoms with Crippen molar-refractivity contribution < 1.29 is 18.8 Å². The second kappa shape index (κ2) is 17.6. The largest absolute Gasteiger partial charge is 0.369 e. The van der Waals surface area contributed by atoms with Gasteiger partial charge in [0.2, 0.25) is 23.7 Å². The molecule has 1 unspecified atom stereocenters. The van der Waals surface area contributed by atoms with Gasteiger partial charge in [0.15, 0.2) is 5.82 Å². The second-order valence-electron chi connectivity index (χ2n) is 17.2. The minimum Gasteiger partial charge on any atom is -0.369 e. The Bertz CT molecular complexity index is 2480. The highest BCUT2D eigenvalue weighted by Gasteiger charge is 2.33. The van der Waals surface area contributed by atoms with E-state index in [9.17, 15) is 23.6 Å². The fraction of sp³-hybridized carbons (Fsp3) is 0.457. The smallest absolute Gasteiger partial charge is 0.255 e. The maximum Gasteiger partial charge on any atom is 0.255 e. The van der Waals surface area contributed by atoms with Crippen molar-refractivity contribution in [1.29, 1.82) is 0 Å². The topological polar surface area (TPSA) is 159 Å². The Labute approximate surface area is 353 Å². The van der Waals surface area contributed by atoms with Gasteiger partial charge in [0.25, 0.3) is 5.56 Å². The third-order valence-electron chi connectivity index (χ3n) is 13.3. The molecule has 3 aromatic heterocycles. The lowest BCUT2D eigenvalue weighted by Crippen LogP contribution is -2.51. The molecule has 5 heterocycles. The summed E-state index contributed by atoms with van der Waals surface area (Å²) in [7, 11) is 1.91. The fourth-order valence-electron chi connectivity index (χ4n) is 9.94. The first-order valence-electron chi connectivity index (χ1n) is 21.8. The molecule has 4 aliphatic rings. The first-order valence-corrected chi connectivity index (χ1v) is 21.8. The number of aryl methyl sites for hydroxylation is 1. The van der Waals surface area contributed by atoms with Gasteiger partial charge in [0, 0.05) is 98.8 Å². The molecular weight excluding hydrogens is 776 g/mol. The van der Waals surface area contributed by atoms with Gasteiger partial charge in [0.05, 0.1) is 23.3 Å². The SMILES string of the molecule is Cn1nc(C2CCC(=O)NC2=O)c2ccc(N3CCN(C4CCC(CC(=O)NC5CCC(Nc6ncc(F)c(-c7cccc(-n8ccccc8=O)c7)n6)CC5)CC4)CC3)cc21. The van der Waals surface area contributed by atoms with E-state index in [-0.39, 0.29) is 41.1 Å². The van der Waals surface area contributed by atoms with Gasteiger partial charge in [-0.3, -0.25) is 38.6 Å². The van der Waals surface area contributed by atoms with Gasteiger partial charge in [-0.25, -0.2) is 14.4 Å². The molecule has 5 aromatic rings. The maximum absolute atomic E-state index is 15.0. The Hall–Kier alpha value is -5.96. The lowest BCUT2D eigenvalue weighted by molar-refractivity contribution is -0.134. The van der Waals surface area contributed by atoms with Crippen LogP contribution in [0.1, 0.15) is 82.2 Å². The number of pyridine rings is 1. The van der Waals surface area contributed by atoms with Crippen LogP contribution in [-0.4, -0.2) is 91.2 Å². The summed E-state index contributed by atoms with van der Waals surface area (Å²) in [6.07, 6.45) is 12.0. The van der Waals surface area contributed by atoms with Crippen molar-refractivity contribution in [2.24, 2.45) is 13.0 Å². The number of halogens is 1. The van der Waals surface area contributed by atoms with Gasteiger partial charge in [-0.05, 0) is 100 Å². The van der Waals surface area contributed by atoms with Crippen LogP contribution in [0.25, 0.3) is 27.8 Å². The number of carbonyl (C=O) groups is 3. The van der Waals surface area contributed by atoms with Crippen LogP contribution in [0.3, 0.4) is 0 Å². The molecule has 0 spiro atoms. The number of piperidine rings is 1. The van der Waals surface area contributed by atoms with Crippen LogP contribution in [-0.2, 0) is 21.4 Å². The molecule has 3 N–H and O–H groups in total. The van der Waals surface area contributed by atoms with Crippen LogP contribution < -0.4 is 26.4 Å². The average Bonchev–Trinajstić information content (AvgIpc) is 3.60. The molecule has 2 aromatic carbocycles. The summed E-state index contributed by atoms with van der Waals surface area (Å²) in [5.74, 6) is -0.523.